The van der Waals surface area contributed by atoms with Crippen molar-refractivity contribution in [3.63, 3.8) is 0 Å². The van der Waals surface area contributed by atoms with Gasteiger partial charge in [-0.2, -0.15) is 0 Å². The predicted molar refractivity (Wildman–Crippen MR) is 76.1 cm³/mol. The first kappa shape index (κ1) is 11.6. The summed E-state index contributed by atoms with van der Waals surface area (Å²) in [7, 11) is 1.68. The lowest BCUT2D eigenvalue weighted by molar-refractivity contribution is 0.415. The van der Waals surface area contributed by atoms with E-state index in [-0.39, 0.29) is 0 Å². The number of furan rings is 1. The molecule has 0 saturated heterocycles. The zero-order chi connectivity index (χ0) is 13.1. The van der Waals surface area contributed by atoms with E-state index in [0.717, 1.165) is 28.2 Å². The van der Waals surface area contributed by atoms with Gasteiger partial charge in [0.1, 0.15) is 11.5 Å². The lowest BCUT2D eigenvalue weighted by Crippen LogP contribution is -1.84. The summed E-state index contributed by atoms with van der Waals surface area (Å²) in [5.41, 5.74) is 3.35. The highest BCUT2D eigenvalue weighted by Crippen LogP contribution is 2.28. The molecule has 0 atom stereocenters. The second-order valence-electron chi connectivity index (χ2n) is 4.29. The Morgan fingerprint density at radius 1 is 0.789 bits per heavy atom. The molecule has 2 nitrogen and oxygen atoms in total. The quantitative estimate of drug-likeness (QED) is 0.676. The van der Waals surface area contributed by atoms with E-state index in [9.17, 15) is 0 Å². The molecule has 94 valence electrons. The summed E-state index contributed by atoms with van der Waals surface area (Å²) in [6.07, 6.45) is 1.69. The topological polar surface area (TPSA) is 22.4 Å². The van der Waals surface area contributed by atoms with Crippen LogP contribution in [0.4, 0.5) is 0 Å². The summed E-state index contributed by atoms with van der Waals surface area (Å²) in [6, 6.07) is 20.2. The van der Waals surface area contributed by atoms with Crippen LogP contribution in [0, 0.1) is 0 Å². The van der Waals surface area contributed by atoms with Gasteiger partial charge in [-0.15, -0.1) is 0 Å². The molecule has 3 rings (SSSR count). The van der Waals surface area contributed by atoms with Crippen LogP contribution in [0.5, 0.6) is 5.75 Å². The van der Waals surface area contributed by atoms with Gasteiger partial charge in [-0.25, -0.2) is 0 Å². The average molecular weight is 250 g/mol. The minimum absolute atomic E-state index is 0.862. The molecule has 1 aromatic heterocycles. The van der Waals surface area contributed by atoms with E-state index >= 15 is 0 Å². The second-order valence-corrected chi connectivity index (χ2v) is 4.29. The molecule has 1 heterocycles. The number of methoxy groups -OCH3 is 1. The number of ether oxygens (including phenoxy) is 1. The van der Waals surface area contributed by atoms with Crippen molar-refractivity contribution in [3.8, 4) is 28.2 Å². The third-order valence-corrected chi connectivity index (χ3v) is 3.07. The minimum Gasteiger partial charge on any atom is -0.497 e. The monoisotopic (exact) mass is 250 g/mol. The van der Waals surface area contributed by atoms with Crippen LogP contribution in [0.3, 0.4) is 0 Å². The summed E-state index contributed by atoms with van der Waals surface area (Å²) < 4.78 is 10.7. The highest BCUT2D eigenvalue weighted by atomic mass is 16.5. The maximum absolute atomic E-state index is 5.43. The van der Waals surface area contributed by atoms with E-state index < -0.39 is 0 Å². The maximum atomic E-state index is 5.43. The first-order valence-electron chi connectivity index (χ1n) is 6.15. The summed E-state index contributed by atoms with van der Waals surface area (Å²) in [5.74, 6) is 1.74. The van der Waals surface area contributed by atoms with Gasteiger partial charge in [-0.3, -0.25) is 0 Å². The predicted octanol–water partition coefficient (Wildman–Crippen LogP) is 4.62. The van der Waals surface area contributed by atoms with Crippen molar-refractivity contribution in [1.82, 2.24) is 0 Å². The molecular weight excluding hydrogens is 236 g/mol. The Balaban J connectivity index is 2.03. The highest BCUT2D eigenvalue weighted by Gasteiger charge is 2.04. The summed E-state index contributed by atoms with van der Waals surface area (Å²) in [4.78, 5) is 0. The van der Waals surface area contributed by atoms with E-state index in [1.807, 2.05) is 42.5 Å². The van der Waals surface area contributed by atoms with Crippen LogP contribution in [0.25, 0.3) is 22.5 Å². The Morgan fingerprint density at radius 3 is 2.26 bits per heavy atom. The Bertz CT molecular complexity index is 669. The van der Waals surface area contributed by atoms with E-state index in [1.54, 1.807) is 13.4 Å². The molecule has 0 saturated carbocycles. The highest BCUT2D eigenvalue weighted by molar-refractivity contribution is 5.71. The zero-order valence-corrected chi connectivity index (χ0v) is 10.7. The summed E-state index contributed by atoms with van der Waals surface area (Å²) >= 11 is 0. The van der Waals surface area contributed by atoms with E-state index in [0.29, 0.717) is 0 Å². The molecule has 3 aromatic rings. The molecule has 0 spiro atoms. The molecule has 0 aliphatic rings. The van der Waals surface area contributed by atoms with Gasteiger partial charge in [0.05, 0.1) is 13.4 Å². The van der Waals surface area contributed by atoms with Crippen molar-refractivity contribution >= 4 is 0 Å². The van der Waals surface area contributed by atoms with Gasteiger partial charge in [0.25, 0.3) is 0 Å². The third kappa shape index (κ3) is 2.38. The van der Waals surface area contributed by atoms with Crippen molar-refractivity contribution in [1.29, 1.82) is 0 Å². The van der Waals surface area contributed by atoms with Crippen LogP contribution in [0.1, 0.15) is 0 Å². The molecule has 0 aliphatic heterocycles. The fraction of sp³-hybridized carbons (Fsp3) is 0.0588. The van der Waals surface area contributed by atoms with Crippen molar-refractivity contribution in [2.24, 2.45) is 0 Å². The lowest BCUT2D eigenvalue weighted by atomic mass is 10.0. The van der Waals surface area contributed by atoms with Crippen molar-refractivity contribution in [3.05, 3.63) is 66.9 Å². The second kappa shape index (κ2) is 5.02. The molecule has 0 N–H and O–H groups in total. The zero-order valence-electron chi connectivity index (χ0n) is 10.7. The standard InChI is InChI=1S/C17H14O2/c1-18-16-8-3-6-14(12-16)13-5-2-7-15(11-13)17-9-4-10-19-17/h2-12H,1H3. The number of rotatable bonds is 3. The number of hydrogen-bond acceptors (Lipinski definition) is 2. The van der Waals surface area contributed by atoms with Crippen molar-refractivity contribution in [2.45, 2.75) is 0 Å². The van der Waals surface area contributed by atoms with Crippen molar-refractivity contribution < 1.29 is 9.15 Å². The van der Waals surface area contributed by atoms with Crippen LogP contribution in [-0.4, -0.2) is 7.11 Å². The molecule has 0 fully saturated rings. The van der Waals surface area contributed by atoms with E-state index in [2.05, 4.69) is 18.2 Å². The largest absolute Gasteiger partial charge is 0.497 e. The van der Waals surface area contributed by atoms with Gasteiger partial charge in [-0.05, 0) is 41.5 Å². The Kier molecular flexibility index (Phi) is 3.07. The Hall–Kier alpha value is -2.48. The molecule has 2 aromatic carbocycles. The van der Waals surface area contributed by atoms with Crippen LogP contribution >= 0.6 is 0 Å². The Labute approximate surface area is 112 Å². The van der Waals surface area contributed by atoms with Gasteiger partial charge >= 0.3 is 0 Å². The van der Waals surface area contributed by atoms with E-state index in [1.165, 1.54) is 0 Å². The molecule has 0 amide bonds. The summed E-state index contributed by atoms with van der Waals surface area (Å²) in [5, 5.41) is 0. The smallest absolute Gasteiger partial charge is 0.133 e. The van der Waals surface area contributed by atoms with Crippen LogP contribution in [-0.2, 0) is 0 Å². The van der Waals surface area contributed by atoms with E-state index in [4.69, 9.17) is 9.15 Å². The van der Waals surface area contributed by atoms with Gasteiger partial charge in [-0.1, -0.05) is 30.3 Å². The average Bonchev–Trinajstić information content (AvgIpc) is 3.02. The fourth-order valence-corrected chi connectivity index (χ4v) is 2.10. The van der Waals surface area contributed by atoms with Gasteiger partial charge in [0.15, 0.2) is 0 Å². The number of hydrogen-bond donors (Lipinski definition) is 0. The molecule has 19 heavy (non-hydrogen) atoms. The maximum Gasteiger partial charge on any atom is 0.133 e. The van der Waals surface area contributed by atoms with Gasteiger partial charge in [0, 0.05) is 5.56 Å². The summed E-state index contributed by atoms with van der Waals surface area (Å²) in [6.45, 7) is 0. The molecular formula is C17H14O2. The first-order valence-corrected chi connectivity index (χ1v) is 6.15. The number of benzene rings is 2. The minimum atomic E-state index is 0.862. The third-order valence-electron chi connectivity index (χ3n) is 3.07. The normalized spacial score (nSPS) is 10.4. The molecule has 0 unspecified atom stereocenters. The van der Waals surface area contributed by atoms with Crippen LogP contribution in [0.15, 0.2) is 71.3 Å². The molecule has 0 bridgehead atoms. The van der Waals surface area contributed by atoms with Crippen LogP contribution < -0.4 is 4.74 Å². The van der Waals surface area contributed by atoms with Gasteiger partial charge in [0.2, 0.25) is 0 Å². The fourth-order valence-electron chi connectivity index (χ4n) is 2.10. The molecule has 0 radical (unpaired) electrons. The SMILES string of the molecule is COc1cccc(-c2cccc(-c3ccco3)c2)c1. The Morgan fingerprint density at radius 2 is 1.53 bits per heavy atom. The van der Waals surface area contributed by atoms with Crippen LogP contribution in [0.2, 0.25) is 0 Å². The van der Waals surface area contributed by atoms with Crippen molar-refractivity contribution in [2.75, 3.05) is 7.11 Å². The van der Waals surface area contributed by atoms with Gasteiger partial charge < -0.3 is 9.15 Å². The first-order chi connectivity index (χ1) is 9.36. The molecule has 0 aliphatic carbocycles. The lowest BCUT2D eigenvalue weighted by Gasteiger charge is -2.06. The molecule has 2 heteroatoms.